The summed E-state index contributed by atoms with van der Waals surface area (Å²) in [5.74, 6) is -0.0651. The Balaban J connectivity index is 2.19. The van der Waals surface area contributed by atoms with Crippen LogP contribution in [0.1, 0.15) is 0 Å². The zero-order valence-electron chi connectivity index (χ0n) is 9.48. The molecule has 0 saturated heterocycles. The number of hydrogen-bond donors (Lipinski definition) is 1. The molecule has 3 aromatic heterocycles. The molecule has 3 heterocycles. The molecule has 0 fully saturated rings. The lowest BCUT2D eigenvalue weighted by molar-refractivity contribution is 0.438. The second-order valence-corrected chi connectivity index (χ2v) is 4.33. The number of aromatic hydroxyl groups is 1. The van der Waals surface area contributed by atoms with Crippen molar-refractivity contribution in [1.82, 2.24) is 24.8 Å². The molecule has 0 aliphatic carbocycles. The molecule has 3 aromatic rings. The fraction of sp³-hybridized carbons (Fsp3) is 0.0909. The van der Waals surface area contributed by atoms with Crippen LogP contribution >= 0.6 is 11.8 Å². The summed E-state index contributed by atoms with van der Waals surface area (Å²) >= 11 is 1.48. The molecule has 90 valence electrons. The Hall–Kier alpha value is -2.15. The predicted molar refractivity (Wildman–Crippen MR) is 67.5 cm³/mol. The van der Waals surface area contributed by atoms with Gasteiger partial charge in [0.15, 0.2) is 5.16 Å². The van der Waals surface area contributed by atoms with Crippen molar-refractivity contribution in [2.75, 3.05) is 6.26 Å². The van der Waals surface area contributed by atoms with Crippen LogP contribution in [0.2, 0.25) is 0 Å². The first-order chi connectivity index (χ1) is 8.78. The van der Waals surface area contributed by atoms with Crippen molar-refractivity contribution in [1.29, 1.82) is 0 Å². The number of aromatic nitrogens is 5. The molecule has 0 amide bonds. The van der Waals surface area contributed by atoms with Gasteiger partial charge in [0.25, 0.3) is 0 Å². The SMILES string of the molecule is CSc1nccc(-c2cnn3nc(O)ccc23)n1. The summed E-state index contributed by atoms with van der Waals surface area (Å²) < 4.78 is 1.38. The zero-order chi connectivity index (χ0) is 12.5. The molecule has 0 saturated carbocycles. The lowest BCUT2D eigenvalue weighted by atomic mass is 10.2. The number of hydrogen-bond acceptors (Lipinski definition) is 6. The monoisotopic (exact) mass is 259 g/mol. The van der Waals surface area contributed by atoms with Crippen LogP contribution in [0.3, 0.4) is 0 Å². The second-order valence-electron chi connectivity index (χ2n) is 3.55. The second kappa shape index (κ2) is 4.26. The Morgan fingerprint density at radius 3 is 3.00 bits per heavy atom. The Bertz CT molecular complexity index is 711. The normalized spacial score (nSPS) is 10.9. The maximum atomic E-state index is 9.29. The number of nitrogens with zero attached hydrogens (tertiary/aromatic N) is 5. The highest BCUT2D eigenvalue weighted by atomic mass is 32.2. The van der Waals surface area contributed by atoms with Crippen molar-refractivity contribution >= 4 is 17.3 Å². The van der Waals surface area contributed by atoms with E-state index in [4.69, 9.17) is 0 Å². The van der Waals surface area contributed by atoms with Gasteiger partial charge in [-0.1, -0.05) is 11.8 Å². The average molecular weight is 259 g/mol. The molecule has 3 rings (SSSR count). The van der Waals surface area contributed by atoms with Crippen molar-refractivity contribution < 1.29 is 5.11 Å². The van der Waals surface area contributed by atoms with E-state index in [0.717, 1.165) is 16.8 Å². The maximum absolute atomic E-state index is 9.29. The van der Waals surface area contributed by atoms with E-state index in [-0.39, 0.29) is 5.88 Å². The Morgan fingerprint density at radius 1 is 1.28 bits per heavy atom. The third-order valence-electron chi connectivity index (χ3n) is 2.47. The Labute approximate surface area is 107 Å². The largest absolute Gasteiger partial charge is 0.492 e. The highest BCUT2D eigenvalue weighted by molar-refractivity contribution is 7.98. The van der Waals surface area contributed by atoms with Gasteiger partial charge in [0.05, 0.1) is 17.4 Å². The van der Waals surface area contributed by atoms with E-state index in [9.17, 15) is 5.11 Å². The van der Waals surface area contributed by atoms with Crippen LogP contribution in [0.4, 0.5) is 0 Å². The van der Waals surface area contributed by atoms with Crippen molar-refractivity contribution in [3.05, 3.63) is 30.6 Å². The highest BCUT2D eigenvalue weighted by Crippen LogP contribution is 2.23. The van der Waals surface area contributed by atoms with Gasteiger partial charge in [-0.2, -0.15) is 5.10 Å². The average Bonchev–Trinajstić information content (AvgIpc) is 2.81. The van der Waals surface area contributed by atoms with E-state index in [0.29, 0.717) is 5.16 Å². The third kappa shape index (κ3) is 1.78. The fourth-order valence-electron chi connectivity index (χ4n) is 1.65. The molecule has 0 bridgehead atoms. The van der Waals surface area contributed by atoms with Gasteiger partial charge in [-0.15, -0.1) is 9.73 Å². The molecule has 18 heavy (non-hydrogen) atoms. The number of rotatable bonds is 2. The number of thioether (sulfide) groups is 1. The summed E-state index contributed by atoms with van der Waals surface area (Å²) in [5, 5.41) is 18.0. The van der Waals surface area contributed by atoms with Crippen LogP contribution in [-0.4, -0.2) is 36.2 Å². The quantitative estimate of drug-likeness (QED) is 0.556. The molecule has 0 radical (unpaired) electrons. The molecule has 0 aliphatic rings. The van der Waals surface area contributed by atoms with Gasteiger partial charge >= 0.3 is 0 Å². The van der Waals surface area contributed by atoms with E-state index in [1.165, 1.54) is 22.5 Å². The standard InChI is InChI=1S/C11H9N5OS/c1-18-11-12-5-4-8(14-11)7-6-13-16-9(7)2-3-10(17)15-16/h2-6H,1H3,(H,15,17). The van der Waals surface area contributed by atoms with Crippen molar-refractivity contribution in [2.45, 2.75) is 5.16 Å². The van der Waals surface area contributed by atoms with Crippen molar-refractivity contribution in [2.24, 2.45) is 0 Å². The summed E-state index contributed by atoms with van der Waals surface area (Å²) in [6.45, 7) is 0. The first-order valence-corrected chi connectivity index (χ1v) is 6.42. The van der Waals surface area contributed by atoms with Gasteiger partial charge in [-0.25, -0.2) is 9.97 Å². The molecule has 0 unspecified atom stereocenters. The number of fused-ring (bicyclic) bond motifs is 1. The van der Waals surface area contributed by atoms with Gasteiger partial charge in [-0.05, 0) is 18.4 Å². The molecule has 0 atom stereocenters. The minimum absolute atomic E-state index is 0.0651. The summed E-state index contributed by atoms with van der Waals surface area (Å²) in [4.78, 5) is 8.55. The molecule has 0 aliphatic heterocycles. The highest BCUT2D eigenvalue weighted by Gasteiger charge is 2.09. The summed E-state index contributed by atoms with van der Waals surface area (Å²) in [6.07, 6.45) is 5.31. The molecular formula is C11H9N5OS. The van der Waals surface area contributed by atoms with E-state index < -0.39 is 0 Å². The van der Waals surface area contributed by atoms with Gasteiger partial charge in [0.2, 0.25) is 5.88 Å². The topological polar surface area (TPSA) is 76.2 Å². The van der Waals surface area contributed by atoms with E-state index in [1.807, 2.05) is 12.3 Å². The van der Waals surface area contributed by atoms with Crippen LogP contribution in [0.15, 0.2) is 35.7 Å². The van der Waals surface area contributed by atoms with Crippen molar-refractivity contribution in [3.63, 3.8) is 0 Å². The lowest BCUT2D eigenvalue weighted by Crippen LogP contribution is -1.93. The molecule has 6 nitrogen and oxygen atoms in total. The van der Waals surface area contributed by atoms with Crippen LogP contribution < -0.4 is 0 Å². The zero-order valence-corrected chi connectivity index (χ0v) is 10.3. The molecule has 0 aromatic carbocycles. The summed E-state index contributed by atoms with van der Waals surface area (Å²) in [5.41, 5.74) is 2.44. The lowest BCUT2D eigenvalue weighted by Gasteiger charge is -2.00. The maximum Gasteiger partial charge on any atom is 0.230 e. The van der Waals surface area contributed by atoms with E-state index in [2.05, 4.69) is 20.2 Å². The van der Waals surface area contributed by atoms with Crippen LogP contribution in [0.25, 0.3) is 16.8 Å². The van der Waals surface area contributed by atoms with E-state index in [1.54, 1.807) is 18.5 Å². The van der Waals surface area contributed by atoms with Gasteiger partial charge in [-0.3, -0.25) is 0 Å². The first-order valence-electron chi connectivity index (χ1n) is 5.19. The van der Waals surface area contributed by atoms with Crippen LogP contribution in [0, 0.1) is 0 Å². The minimum Gasteiger partial charge on any atom is -0.492 e. The molecule has 7 heteroatoms. The minimum atomic E-state index is -0.0651. The van der Waals surface area contributed by atoms with Gasteiger partial charge in [0.1, 0.15) is 0 Å². The first kappa shape index (κ1) is 11.0. The molecule has 0 spiro atoms. The van der Waals surface area contributed by atoms with E-state index >= 15 is 0 Å². The van der Waals surface area contributed by atoms with Crippen LogP contribution in [-0.2, 0) is 0 Å². The third-order valence-corrected chi connectivity index (χ3v) is 3.03. The van der Waals surface area contributed by atoms with Gasteiger partial charge in [0, 0.05) is 17.8 Å². The molecular weight excluding hydrogens is 250 g/mol. The van der Waals surface area contributed by atoms with Crippen molar-refractivity contribution in [3.8, 4) is 17.1 Å². The Kier molecular flexibility index (Phi) is 2.60. The van der Waals surface area contributed by atoms with Crippen LogP contribution in [0.5, 0.6) is 5.88 Å². The van der Waals surface area contributed by atoms with Gasteiger partial charge < -0.3 is 5.11 Å². The smallest absolute Gasteiger partial charge is 0.230 e. The Morgan fingerprint density at radius 2 is 2.17 bits per heavy atom. The summed E-state index contributed by atoms with van der Waals surface area (Å²) in [6, 6.07) is 5.10. The fourth-order valence-corrected chi connectivity index (χ4v) is 2.01. The predicted octanol–water partition coefficient (Wildman–Crippen LogP) is 1.61. The molecule has 1 N–H and O–H groups in total. The summed E-state index contributed by atoms with van der Waals surface area (Å²) in [7, 11) is 0.